The molecule has 5 heteroatoms. The van der Waals surface area contributed by atoms with E-state index in [1.165, 1.54) is 30.4 Å². The molecule has 2 amide bonds. The first-order valence-corrected chi connectivity index (χ1v) is 9.95. The fraction of sp³-hybridized carbons (Fsp3) is 0.619. The smallest absolute Gasteiger partial charge is 0.243 e. The lowest BCUT2D eigenvalue weighted by Gasteiger charge is -2.30. The number of fused-ring (bicyclic) bond motifs is 1. The number of benzene rings is 1. The van der Waals surface area contributed by atoms with Crippen molar-refractivity contribution in [3.8, 4) is 0 Å². The monoisotopic (exact) mass is 357 g/mol. The maximum atomic E-state index is 12.8. The van der Waals surface area contributed by atoms with Crippen LogP contribution in [-0.4, -0.2) is 29.9 Å². The van der Waals surface area contributed by atoms with E-state index in [1.54, 1.807) is 0 Å². The van der Waals surface area contributed by atoms with Gasteiger partial charge in [-0.3, -0.25) is 9.59 Å². The Bertz CT molecular complexity index is 638. The van der Waals surface area contributed by atoms with Crippen molar-refractivity contribution >= 4 is 11.8 Å². The van der Waals surface area contributed by atoms with Gasteiger partial charge in [-0.05, 0) is 36.3 Å². The Labute approximate surface area is 156 Å². The topological polar surface area (TPSA) is 70.2 Å². The highest BCUT2D eigenvalue weighted by Crippen LogP contribution is 2.19. The van der Waals surface area contributed by atoms with Gasteiger partial charge in [0.1, 0.15) is 6.04 Å². The molecule has 1 fully saturated rings. The van der Waals surface area contributed by atoms with Gasteiger partial charge in [-0.1, -0.05) is 57.4 Å². The summed E-state index contributed by atoms with van der Waals surface area (Å²) in [6.45, 7) is 4.65. The predicted octanol–water partition coefficient (Wildman–Crippen LogP) is 2.29. The summed E-state index contributed by atoms with van der Waals surface area (Å²) in [6.07, 6.45) is 6.36. The third-order valence-corrected chi connectivity index (χ3v) is 5.60. The second kappa shape index (κ2) is 8.67. The standard InChI is InChI=1S/C21H31N3O2/c1-14(2)19(21(26)23-17-10-4-3-5-11-17)24-20(25)18-12-15-8-6-7-9-16(15)13-22-18/h6-9,14,17-19,22H,3-5,10-13H2,1-2H3,(H,23,26)(H,24,25)/t18-,19+/m0/s1. The molecule has 0 radical (unpaired) electrons. The summed E-state index contributed by atoms with van der Waals surface area (Å²) in [5, 5.41) is 9.44. The molecule has 1 saturated carbocycles. The second-order valence-electron chi connectivity index (χ2n) is 7.98. The number of nitrogens with one attached hydrogen (secondary N) is 3. The molecule has 1 aliphatic carbocycles. The van der Waals surface area contributed by atoms with Gasteiger partial charge >= 0.3 is 0 Å². The number of carbonyl (C=O) groups is 2. The molecule has 2 aliphatic rings. The van der Waals surface area contributed by atoms with Crippen LogP contribution in [-0.2, 0) is 22.6 Å². The highest BCUT2D eigenvalue weighted by molar-refractivity contribution is 5.90. The maximum Gasteiger partial charge on any atom is 0.243 e. The number of hydrogen-bond donors (Lipinski definition) is 3. The first kappa shape index (κ1) is 18.9. The van der Waals surface area contributed by atoms with Gasteiger partial charge in [-0.25, -0.2) is 0 Å². The quantitative estimate of drug-likeness (QED) is 0.757. The lowest BCUT2D eigenvalue weighted by Crippen LogP contribution is -2.57. The molecule has 1 heterocycles. The minimum absolute atomic E-state index is 0.0449. The third kappa shape index (κ3) is 4.64. The molecule has 0 spiro atoms. The fourth-order valence-corrected chi connectivity index (χ4v) is 3.97. The van der Waals surface area contributed by atoms with E-state index in [-0.39, 0.29) is 29.8 Å². The van der Waals surface area contributed by atoms with Gasteiger partial charge in [-0.15, -0.1) is 0 Å². The van der Waals surface area contributed by atoms with Crippen molar-refractivity contribution in [2.24, 2.45) is 5.92 Å². The van der Waals surface area contributed by atoms with Gasteiger partial charge in [0.15, 0.2) is 0 Å². The van der Waals surface area contributed by atoms with Crippen LogP contribution in [0.25, 0.3) is 0 Å². The summed E-state index contributed by atoms with van der Waals surface area (Å²) < 4.78 is 0. The first-order valence-electron chi connectivity index (χ1n) is 9.95. The summed E-state index contributed by atoms with van der Waals surface area (Å²) in [7, 11) is 0. The number of rotatable bonds is 5. The van der Waals surface area contributed by atoms with Crippen molar-refractivity contribution in [1.82, 2.24) is 16.0 Å². The van der Waals surface area contributed by atoms with Crippen molar-refractivity contribution < 1.29 is 9.59 Å². The number of amides is 2. The van der Waals surface area contributed by atoms with E-state index in [1.807, 2.05) is 26.0 Å². The van der Waals surface area contributed by atoms with Crippen LogP contribution in [0.1, 0.15) is 57.1 Å². The van der Waals surface area contributed by atoms with Crippen LogP contribution in [0.15, 0.2) is 24.3 Å². The van der Waals surface area contributed by atoms with Crippen LogP contribution in [0, 0.1) is 5.92 Å². The van der Waals surface area contributed by atoms with Crippen molar-refractivity contribution in [1.29, 1.82) is 0 Å². The average Bonchev–Trinajstić information content (AvgIpc) is 2.66. The van der Waals surface area contributed by atoms with Crippen molar-refractivity contribution in [2.75, 3.05) is 0 Å². The van der Waals surface area contributed by atoms with E-state index in [2.05, 4.69) is 28.1 Å². The van der Waals surface area contributed by atoms with Crippen molar-refractivity contribution in [3.63, 3.8) is 0 Å². The summed E-state index contributed by atoms with van der Waals surface area (Å²) in [5.74, 6) is -0.0770. The van der Waals surface area contributed by atoms with Gasteiger partial charge in [0, 0.05) is 12.6 Å². The summed E-state index contributed by atoms with van der Waals surface area (Å²) in [4.78, 5) is 25.5. The highest BCUT2D eigenvalue weighted by Gasteiger charge is 2.30. The van der Waals surface area contributed by atoms with E-state index in [0.29, 0.717) is 13.0 Å². The Morgan fingerprint density at radius 1 is 1.08 bits per heavy atom. The van der Waals surface area contributed by atoms with E-state index in [0.717, 1.165) is 12.8 Å². The van der Waals surface area contributed by atoms with E-state index in [9.17, 15) is 9.59 Å². The average molecular weight is 357 g/mol. The maximum absolute atomic E-state index is 12.8. The Morgan fingerprint density at radius 2 is 1.77 bits per heavy atom. The molecule has 0 bridgehead atoms. The normalized spacial score (nSPS) is 21.7. The highest BCUT2D eigenvalue weighted by atomic mass is 16.2. The van der Waals surface area contributed by atoms with Crippen LogP contribution in [0.2, 0.25) is 0 Å². The lowest BCUT2D eigenvalue weighted by atomic mass is 9.93. The molecule has 1 aromatic rings. The largest absolute Gasteiger partial charge is 0.352 e. The Morgan fingerprint density at radius 3 is 2.46 bits per heavy atom. The SMILES string of the molecule is CC(C)[C@@H](NC(=O)[C@@H]1Cc2ccccc2CN1)C(=O)NC1CCCCC1. The number of carbonyl (C=O) groups excluding carboxylic acids is 2. The molecule has 1 aliphatic heterocycles. The zero-order valence-electron chi connectivity index (χ0n) is 15.9. The Balaban J connectivity index is 1.59. The molecule has 0 aromatic heterocycles. The van der Waals surface area contributed by atoms with Gasteiger partial charge in [-0.2, -0.15) is 0 Å². The van der Waals surface area contributed by atoms with E-state index < -0.39 is 6.04 Å². The molecule has 0 unspecified atom stereocenters. The lowest BCUT2D eigenvalue weighted by molar-refractivity contribution is -0.131. The third-order valence-electron chi connectivity index (χ3n) is 5.60. The molecule has 2 atom stereocenters. The summed E-state index contributed by atoms with van der Waals surface area (Å²) in [5.41, 5.74) is 2.45. The molecular weight excluding hydrogens is 326 g/mol. The minimum Gasteiger partial charge on any atom is -0.352 e. The van der Waals surface area contributed by atoms with Crippen molar-refractivity contribution in [2.45, 2.75) is 77.0 Å². The zero-order valence-corrected chi connectivity index (χ0v) is 15.9. The molecule has 3 rings (SSSR count). The van der Waals surface area contributed by atoms with Crippen LogP contribution >= 0.6 is 0 Å². The van der Waals surface area contributed by atoms with E-state index >= 15 is 0 Å². The first-order chi connectivity index (χ1) is 12.5. The van der Waals surface area contributed by atoms with Gasteiger partial charge < -0.3 is 16.0 Å². The summed E-state index contributed by atoms with van der Waals surface area (Å²) >= 11 is 0. The van der Waals surface area contributed by atoms with Crippen molar-refractivity contribution in [3.05, 3.63) is 35.4 Å². The van der Waals surface area contributed by atoms with Gasteiger partial charge in [0.25, 0.3) is 0 Å². The van der Waals surface area contributed by atoms with Gasteiger partial charge in [0.05, 0.1) is 6.04 Å². The minimum atomic E-state index is -0.483. The molecule has 0 saturated heterocycles. The van der Waals surface area contributed by atoms with Gasteiger partial charge in [0.2, 0.25) is 11.8 Å². The van der Waals surface area contributed by atoms with E-state index in [4.69, 9.17) is 0 Å². The molecule has 3 N–H and O–H groups in total. The van der Waals surface area contributed by atoms with Crippen LogP contribution in [0.5, 0.6) is 0 Å². The molecular formula is C21H31N3O2. The summed E-state index contributed by atoms with van der Waals surface area (Å²) in [6, 6.07) is 7.68. The number of hydrogen-bond acceptors (Lipinski definition) is 3. The predicted molar refractivity (Wildman–Crippen MR) is 103 cm³/mol. The molecule has 26 heavy (non-hydrogen) atoms. The van der Waals surface area contributed by atoms with Crippen LogP contribution < -0.4 is 16.0 Å². The Kier molecular flexibility index (Phi) is 6.30. The van der Waals surface area contributed by atoms with Crippen LogP contribution in [0.4, 0.5) is 0 Å². The molecule has 5 nitrogen and oxygen atoms in total. The second-order valence-corrected chi connectivity index (χ2v) is 7.98. The van der Waals surface area contributed by atoms with Crippen LogP contribution in [0.3, 0.4) is 0 Å². The zero-order chi connectivity index (χ0) is 18.5. The fourth-order valence-electron chi connectivity index (χ4n) is 3.97. The molecule has 142 valence electrons. The molecule has 1 aromatic carbocycles. The Hall–Kier alpha value is -1.88.